The summed E-state index contributed by atoms with van der Waals surface area (Å²) in [4.78, 5) is 22.5. The number of rotatable bonds is 7. The fourth-order valence-electron chi connectivity index (χ4n) is 5.28. The Morgan fingerprint density at radius 2 is 1.90 bits per heavy atom. The van der Waals surface area contributed by atoms with Crippen LogP contribution in [0.5, 0.6) is 11.5 Å². The van der Waals surface area contributed by atoms with Crippen molar-refractivity contribution < 1.29 is 14.2 Å². The number of H-pyrrole nitrogens is 1. The second-order valence-electron chi connectivity index (χ2n) is 9.97. The maximum Gasteiger partial charge on any atom is 0.250 e. The smallest absolute Gasteiger partial charge is 0.250 e. The summed E-state index contributed by atoms with van der Waals surface area (Å²) in [6.45, 7) is 5.34. The number of methoxy groups -OCH3 is 1. The molecule has 0 aliphatic carbocycles. The third-order valence-corrected chi connectivity index (χ3v) is 7.19. The molecular weight excluding hydrogens is 492 g/mol. The summed E-state index contributed by atoms with van der Waals surface area (Å²) in [5.74, 6) is 1.59. The number of fused-ring (bicyclic) bond motifs is 2. The highest BCUT2D eigenvalue weighted by molar-refractivity contribution is 5.74. The highest BCUT2D eigenvalue weighted by Gasteiger charge is 2.23. The first-order valence-corrected chi connectivity index (χ1v) is 13.3. The van der Waals surface area contributed by atoms with Gasteiger partial charge in [0.1, 0.15) is 11.5 Å². The van der Waals surface area contributed by atoms with Gasteiger partial charge in [0, 0.05) is 60.9 Å². The molecule has 39 heavy (non-hydrogen) atoms. The fraction of sp³-hybridized carbons (Fsp3) is 0.290. The lowest BCUT2D eigenvalue weighted by Gasteiger charge is -2.29. The first kappa shape index (κ1) is 25.2. The summed E-state index contributed by atoms with van der Waals surface area (Å²) in [5.41, 5.74) is 7.44. The molecule has 0 amide bonds. The molecule has 8 heteroatoms. The highest BCUT2D eigenvalue weighted by atomic mass is 16.5. The number of hydrogen-bond acceptors (Lipinski definition) is 7. The molecule has 2 aliphatic heterocycles. The first-order valence-electron chi connectivity index (χ1n) is 13.3. The topological polar surface area (TPSA) is 88.7 Å². The number of aromatic amines is 1. The van der Waals surface area contributed by atoms with Crippen LogP contribution in [0.15, 0.2) is 71.5 Å². The summed E-state index contributed by atoms with van der Waals surface area (Å²) in [6.07, 6.45) is 0.721. The van der Waals surface area contributed by atoms with Crippen molar-refractivity contribution >= 4 is 11.4 Å². The predicted octanol–water partition coefficient (Wildman–Crippen LogP) is 5.08. The maximum absolute atomic E-state index is 12.6. The zero-order chi connectivity index (χ0) is 26.8. The van der Waals surface area contributed by atoms with E-state index in [1.165, 1.54) is 0 Å². The Morgan fingerprint density at radius 1 is 1.05 bits per heavy atom. The standard InChI is InChI=1S/C31H32N4O4/c1-20-5-3-8-26(32-20)28(19-37-2)33-23-9-10-29-22(16-23)15-21-6-4-7-25(31(21)39-29)27-17-24(18-30(36)34-27)35-11-13-38-14-12-35/h3-10,16-18,28,33H,11-15,19H2,1-2H3,(H,34,36). The molecule has 0 saturated carbocycles. The number of ether oxygens (including phenoxy) is 3. The van der Waals surface area contributed by atoms with E-state index in [1.54, 1.807) is 13.2 Å². The van der Waals surface area contributed by atoms with Gasteiger partial charge in [-0.25, -0.2) is 0 Å². The molecule has 6 rings (SSSR count). The molecule has 1 unspecified atom stereocenters. The molecule has 0 spiro atoms. The Labute approximate surface area is 227 Å². The van der Waals surface area contributed by atoms with Gasteiger partial charge in [0.15, 0.2) is 0 Å². The van der Waals surface area contributed by atoms with Crippen molar-refractivity contribution in [1.82, 2.24) is 9.97 Å². The number of hydrogen-bond donors (Lipinski definition) is 2. The first-order chi connectivity index (χ1) is 19.1. The van der Waals surface area contributed by atoms with Gasteiger partial charge in [0.05, 0.1) is 37.3 Å². The van der Waals surface area contributed by atoms with E-state index in [0.29, 0.717) is 19.8 Å². The van der Waals surface area contributed by atoms with Gasteiger partial charge < -0.3 is 29.4 Å². The minimum atomic E-state index is -0.132. The Bertz CT molecular complexity index is 1540. The summed E-state index contributed by atoms with van der Waals surface area (Å²) in [7, 11) is 1.70. The molecule has 200 valence electrons. The van der Waals surface area contributed by atoms with Crippen molar-refractivity contribution in [3.05, 3.63) is 99.6 Å². The molecule has 1 atom stereocenters. The van der Waals surface area contributed by atoms with Gasteiger partial charge in [-0.05, 0) is 55.0 Å². The molecule has 1 saturated heterocycles. The zero-order valence-corrected chi connectivity index (χ0v) is 22.2. The van der Waals surface area contributed by atoms with E-state index in [0.717, 1.165) is 76.2 Å². The van der Waals surface area contributed by atoms with Crippen LogP contribution in [0.2, 0.25) is 0 Å². The number of benzene rings is 2. The maximum atomic E-state index is 12.6. The number of anilines is 2. The Morgan fingerprint density at radius 3 is 2.72 bits per heavy atom. The van der Waals surface area contributed by atoms with Crippen molar-refractivity contribution in [2.24, 2.45) is 0 Å². The summed E-state index contributed by atoms with van der Waals surface area (Å²) in [6, 6.07) is 21.9. The van der Waals surface area contributed by atoms with Crippen LogP contribution in [0.3, 0.4) is 0 Å². The van der Waals surface area contributed by atoms with E-state index in [2.05, 4.69) is 32.3 Å². The minimum absolute atomic E-state index is 0.0769. The normalized spacial score (nSPS) is 15.2. The van der Waals surface area contributed by atoms with Crippen LogP contribution >= 0.6 is 0 Å². The van der Waals surface area contributed by atoms with Crippen LogP contribution in [0.1, 0.15) is 28.6 Å². The zero-order valence-electron chi connectivity index (χ0n) is 22.2. The lowest BCUT2D eigenvalue weighted by atomic mass is 9.96. The van der Waals surface area contributed by atoms with Gasteiger partial charge >= 0.3 is 0 Å². The average molecular weight is 525 g/mol. The van der Waals surface area contributed by atoms with Gasteiger partial charge in [-0.2, -0.15) is 0 Å². The minimum Gasteiger partial charge on any atom is -0.456 e. The van der Waals surface area contributed by atoms with Crippen LogP contribution in [-0.2, 0) is 15.9 Å². The van der Waals surface area contributed by atoms with Crippen molar-refractivity contribution in [3.63, 3.8) is 0 Å². The van der Waals surface area contributed by atoms with E-state index in [4.69, 9.17) is 14.2 Å². The number of aromatic nitrogens is 2. The molecule has 8 nitrogen and oxygen atoms in total. The van der Waals surface area contributed by atoms with Crippen molar-refractivity contribution in [1.29, 1.82) is 0 Å². The average Bonchev–Trinajstić information content (AvgIpc) is 2.95. The SMILES string of the molecule is COCC(Nc1ccc2c(c1)Cc1cccc(-c3cc(N4CCOCC4)cc(=O)[nH]3)c1O2)c1cccc(C)n1. The van der Waals surface area contributed by atoms with Gasteiger partial charge in [-0.1, -0.05) is 18.2 Å². The Kier molecular flexibility index (Phi) is 7.04. The summed E-state index contributed by atoms with van der Waals surface area (Å²) >= 11 is 0. The quantitative estimate of drug-likeness (QED) is 0.307. The van der Waals surface area contributed by atoms with Crippen molar-refractivity contribution in [2.45, 2.75) is 19.4 Å². The van der Waals surface area contributed by atoms with Crippen molar-refractivity contribution in [2.75, 3.05) is 50.2 Å². The van der Waals surface area contributed by atoms with E-state index in [9.17, 15) is 4.79 Å². The fourth-order valence-corrected chi connectivity index (χ4v) is 5.28. The number of nitrogens with one attached hydrogen (secondary N) is 2. The molecule has 2 aromatic carbocycles. The molecule has 0 bridgehead atoms. The van der Waals surface area contributed by atoms with Crippen molar-refractivity contribution in [3.8, 4) is 22.8 Å². The highest BCUT2D eigenvalue weighted by Crippen LogP contribution is 2.43. The Hall–Kier alpha value is -4.14. The summed E-state index contributed by atoms with van der Waals surface area (Å²) < 4.78 is 17.4. The molecule has 2 N–H and O–H groups in total. The largest absolute Gasteiger partial charge is 0.456 e. The van der Waals surface area contributed by atoms with E-state index >= 15 is 0 Å². The molecular formula is C31H32N4O4. The molecule has 4 aromatic rings. The molecule has 2 aliphatic rings. The van der Waals surface area contributed by atoms with Gasteiger partial charge in [-0.15, -0.1) is 0 Å². The number of pyridine rings is 2. The monoisotopic (exact) mass is 524 g/mol. The molecule has 1 fully saturated rings. The Balaban J connectivity index is 1.28. The molecule has 4 heterocycles. The van der Waals surface area contributed by atoms with E-state index in [-0.39, 0.29) is 11.6 Å². The third-order valence-electron chi connectivity index (χ3n) is 7.19. The van der Waals surface area contributed by atoms with Gasteiger partial charge in [0.2, 0.25) is 5.56 Å². The predicted molar refractivity (Wildman–Crippen MR) is 152 cm³/mol. The van der Waals surface area contributed by atoms with Crippen LogP contribution in [0, 0.1) is 6.92 Å². The van der Waals surface area contributed by atoms with Crippen LogP contribution < -0.4 is 20.5 Å². The number of aryl methyl sites for hydroxylation is 1. The molecule has 0 radical (unpaired) electrons. The third kappa shape index (κ3) is 5.39. The number of morpholine rings is 1. The number of para-hydroxylation sites is 1. The second-order valence-corrected chi connectivity index (χ2v) is 9.97. The van der Waals surface area contributed by atoms with E-state index < -0.39 is 0 Å². The van der Waals surface area contributed by atoms with Gasteiger partial charge in [-0.3, -0.25) is 9.78 Å². The van der Waals surface area contributed by atoms with Gasteiger partial charge in [0.25, 0.3) is 0 Å². The number of nitrogens with zero attached hydrogens (tertiary/aromatic N) is 2. The van der Waals surface area contributed by atoms with Crippen LogP contribution in [0.25, 0.3) is 11.3 Å². The second kappa shape index (κ2) is 10.9. The summed E-state index contributed by atoms with van der Waals surface area (Å²) in [5, 5.41) is 3.58. The van der Waals surface area contributed by atoms with Crippen LogP contribution in [-0.4, -0.2) is 50.0 Å². The van der Waals surface area contributed by atoms with Crippen LogP contribution in [0.4, 0.5) is 11.4 Å². The van der Waals surface area contributed by atoms with E-state index in [1.807, 2.05) is 55.5 Å². The molecule has 2 aromatic heterocycles. The lowest BCUT2D eigenvalue weighted by molar-refractivity contribution is 0.122. The lowest BCUT2D eigenvalue weighted by Crippen LogP contribution is -2.36.